The minimum Gasteiger partial charge on any atom is -0.383 e. The molecule has 5 nitrogen and oxygen atoms in total. The number of methoxy groups -OCH3 is 1. The van der Waals surface area contributed by atoms with Crippen molar-refractivity contribution in [2.75, 3.05) is 27.3 Å². The van der Waals surface area contributed by atoms with E-state index >= 15 is 0 Å². The first-order valence-electron chi connectivity index (χ1n) is 5.68. The van der Waals surface area contributed by atoms with E-state index < -0.39 is 0 Å². The van der Waals surface area contributed by atoms with Crippen molar-refractivity contribution in [1.82, 2.24) is 14.5 Å². The third kappa shape index (κ3) is 3.90. The van der Waals surface area contributed by atoms with E-state index in [1.54, 1.807) is 19.1 Å². The standard InChI is InChI=1S/C11H18ClN3O2S/c1-7(2)9-10(18-14-13-9)11(16)15(3)5-8(12)6-17-4/h7-8H,5-6H2,1-4H3. The van der Waals surface area contributed by atoms with Gasteiger partial charge < -0.3 is 9.64 Å². The van der Waals surface area contributed by atoms with Crippen LogP contribution in [0.4, 0.5) is 0 Å². The van der Waals surface area contributed by atoms with Crippen molar-refractivity contribution in [2.24, 2.45) is 0 Å². The summed E-state index contributed by atoms with van der Waals surface area (Å²) in [5.74, 6) is 0.0947. The number of ether oxygens (including phenoxy) is 1. The van der Waals surface area contributed by atoms with E-state index in [1.807, 2.05) is 13.8 Å². The van der Waals surface area contributed by atoms with Crippen molar-refractivity contribution in [3.05, 3.63) is 10.6 Å². The molecule has 1 rings (SSSR count). The van der Waals surface area contributed by atoms with Gasteiger partial charge in [0.05, 0.1) is 17.7 Å². The minimum atomic E-state index is -0.215. The Morgan fingerprint density at radius 1 is 1.56 bits per heavy atom. The van der Waals surface area contributed by atoms with Gasteiger partial charge in [0.25, 0.3) is 5.91 Å². The zero-order valence-electron chi connectivity index (χ0n) is 11.0. The van der Waals surface area contributed by atoms with Gasteiger partial charge in [0, 0.05) is 20.7 Å². The van der Waals surface area contributed by atoms with Crippen LogP contribution in [0, 0.1) is 0 Å². The topological polar surface area (TPSA) is 55.3 Å². The average Bonchev–Trinajstić information content (AvgIpc) is 2.76. The lowest BCUT2D eigenvalue weighted by Gasteiger charge is -2.19. The zero-order valence-corrected chi connectivity index (χ0v) is 12.6. The second-order valence-electron chi connectivity index (χ2n) is 4.38. The Kier molecular flexibility index (Phi) is 5.98. The van der Waals surface area contributed by atoms with Crippen molar-refractivity contribution in [3.8, 4) is 0 Å². The highest BCUT2D eigenvalue weighted by molar-refractivity contribution is 7.08. The molecular weight excluding hydrogens is 274 g/mol. The van der Waals surface area contributed by atoms with Crippen LogP contribution in [-0.4, -0.2) is 53.1 Å². The zero-order chi connectivity index (χ0) is 13.7. The maximum atomic E-state index is 12.2. The van der Waals surface area contributed by atoms with E-state index in [0.29, 0.717) is 18.0 Å². The quantitative estimate of drug-likeness (QED) is 0.752. The van der Waals surface area contributed by atoms with Gasteiger partial charge in [-0.1, -0.05) is 18.3 Å². The molecule has 0 aliphatic rings. The summed E-state index contributed by atoms with van der Waals surface area (Å²) < 4.78 is 8.79. The van der Waals surface area contributed by atoms with E-state index in [-0.39, 0.29) is 17.2 Å². The van der Waals surface area contributed by atoms with E-state index in [4.69, 9.17) is 16.3 Å². The number of hydrogen-bond acceptors (Lipinski definition) is 5. The van der Waals surface area contributed by atoms with Crippen LogP contribution in [0.1, 0.15) is 35.1 Å². The average molecular weight is 292 g/mol. The van der Waals surface area contributed by atoms with Crippen molar-refractivity contribution < 1.29 is 9.53 Å². The normalized spacial score (nSPS) is 12.8. The van der Waals surface area contributed by atoms with Crippen LogP contribution in [0.2, 0.25) is 0 Å². The third-order valence-corrected chi connectivity index (χ3v) is 3.41. The molecule has 1 heterocycles. The Morgan fingerprint density at radius 2 is 2.22 bits per heavy atom. The predicted octanol–water partition coefficient (Wildman–Crippen LogP) is 1.99. The fraction of sp³-hybridized carbons (Fsp3) is 0.727. The maximum absolute atomic E-state index is 12.2. The lowest BCUT2D eigenvalue weighted by atomic mass is 10.1. The fourth-order valence-electron chi connectivity index (χ4n) is 1.51. The van der Waals surface area contributed by atoms with Crippen molar-refractivity contribution in [1.29, 1.82) is 0 Å². The minimum absolute atomic E-state index is 0.0875. The van der Waals surface area contributed by atoms with Gasteiger partial charge in [0.2, 0.25) is 0 Å². The molecule has 1 amide bonds. The Bertz CT molecular complexity index is 397. The summed E-state index contributed by atoms with van der Waals surface area (Å²) >= 11 is 7.16. The molecule has 0 aliphatic carbocycles. The second kappa shape index (κ2) is 7.01. The number of carbonyl (C=O) groups excluding carboxylic acids is 1. The molecule has 18 heavy (non-hydrogen) atoms. The molecule has 1 unspecified atom stereocenters. The van der Waals surface area contributed by atoms with Crippen molar-refractivity contribution in [2.45, 2.75) is 25.1 Å². The molecule has 102 valence electrons. The largest absolute Gasteiger partial charge is 0.383 e. The first kappa shape index (κ1) is 15.3. The smallest absolute Gasteiger partial charge is 0.267 e. The van der Waals surface area contributed by atoms with Crippen LogP contribution in [0.15, 0.2) is 0 Å². The molecule has 0 radical (unpaired) electrons. The number of hydrogen-bond donors (Lipinski definition) is 0. The maximum Gasteiger partial charge on any atom is 0.267 e. The van der Waals surface area contributed by atoms with E-state index in [0.717, 1.165) is 17.2 Å². The highest BCUT2D eigenvalue weighted by atomic mass is 35.5. The summed E-state index contributed by atoms with van der Waals surface area (Å²) in [5.41, 5.74) is 0.745. The third-order valence-electron chi connectivity index (χ3n) is 2.42. The van der Waals surface area contributed by atoms with Gasteiger partial charge in [-0.25, -0.2) is 0 Å². The summed E-state index contributed by atoms with van der Waals surface area (Å²) in [6.07, 6.45) is 0. The van der Waals surface area contributed by atoms with Gasteiger partial charge in [0.15, 0.2) is 0 Å². The molecule has 0 bridgehead atoms. The molecule has 0 aromatic carbocycles. The van der Waals surface area contributed by atoms with Gasteiger partial charge >= 0.3 is 0 Å². The Balaban J connectivity index is 2.71. The highest BCUT2D eigenvalue weighted by Gasteiger charge is 2.23. The van der Waals surface area contributed by atoms with Gasteiger partial charge in [-0.05, 0) is 17.5 Å². The highest BCUT2D eigenvalue weighted by Crippen LogP contribution is 2.21. The second-order valence-corrected chi connectivity index (χ2v) is 5.75. The Hall–Kier alpha value is -0.720. The molecule has 0 saturated heterocycles. The summed E-state index contributed by atoms with van der Waals surface area (Å²) in [5, 5.41) is 3.78. The first-order valence-corrected chi connectivity index (χ1v) is 6.89. The molecule has 1 aromatic rings. The van der Waals surface area contributed by atoms with Gasteiger partial charge in [-0.2, -0.15) is 0 Å². The molecule has 0 fully saturated rings. The van der Waals surface area contributed by atoms with Crippen LogP contribution < -0.4 is 0 Å². The van der Waals surface area contributed by atoms with Crippen LogP contribution in [0.3, 0.4) is 0 Å². The van der Waals surface area contributed by atoms with Crippen LogP contribution in [-0.2, 0) is 4.74 Å². The lowest BCUT2D eigenvalue weighted by Crippen LogP contribution is -2.34. The molecule has 1 aromatic heterocycles. The van der Waals surface area contributed by atoms with E-state index in [2.05, 4.69) is 9.59 Å². The molecule has 1 atom stereocenters. The molecule has 7 heteroatoms. The van der Waals surface area contributed by atoms with Gasteiger partial charge in [-0.15, -0.1) is 16.7 Å². The van der Waals surface area contributed by atoms with Crippen LogP contribution in [0.25, 0.3) is 0 Å². The summed E-state index contributed by atoms with van der Waals surface area (Å²) in [4.78, 5) is 14.4. The number of amides is 1. The first-order chi connectivity index (χ1) is 8.47. The number of rotatable bonds is 6. The molecule has 0 N–H and O–H groups in total. The summed E-state index contributed by atoms with van der Waals surface area (Å²) in [6.45, 7) is 4.83. The summed E-state index contributed by atoms with van der Waals surface area (Å²) in [7, 11) is 3.30. The number of nitrogens with zero attached hydrogens (tertiary/aromatic N) is 3. The molecular formula is C11H18ClN3O2S. The number of halogens is 1. The van der Waals surface area contributed by atoms with Gasteiger partial charge in [-0.3, -0.25) is 4.79 Å². The Labute approximate surface area is 116 Å². The Morgan fingerprint density at radius 3 is 2.78 bits per heavy atom. The summed E-state index contributed by atoms with van der Waals surface area (Å²) in [6, 6.07) is 0. The molecule has 0 saturated carbocycles. The number of aromatic nitrogens is 2. The van der Waals surface area contributed by atoms with Crippen LogP contribution >= 0.6 is 23.1 Å². The van der Waals surface area contributed by atoms with Gasteiger partial charge in [0.1, 0.15) is 4.88 Å². The fourth-order valence-corrected chi connectivity index (χ4v) is 2.66. The number of carbonyl (C=O) groups is 1. The molecule has 0 aliphatic heterocycles. The SMILES string of the molecule is COCC(Cl)CN(C)C(=O)c1snnc1C(C)C. The molecule has 0 spiro atoms. The van der Waals surface area contributed by atoms with Crippen molar-refractivity contribution >= 4 is 29.0 Å². The predicted molar refractivity (Wildman–Crippen MR) is 72.5 cm³/mol. The van der Waals surface area contributed by atoms with E-state index in [1.165, 1.54) is 0 Å². The van der Waals surface area contributed by atoms with Crippen molar-refractivity contribution in [3.63, 3.8) is 0 Å². The monoisotopic (exact) mass is 291 g/mol. The van der Waals surface area contributed by atoms with E-state index in [9.17, 15) is 4.79 Å². The van der Waals surface area contributed by atoms with Crippen LogP contribution in [0.5, 0.6) is 0 Å². The lowest BCUT2D eigenvalue weighted by molar-refractivity contribution is 0.0784. The number of alkyl halides is 1.